The molecule has 8 aromatic rings. The summed E-state index contributed by atoms with van der Waals surface area (Å²) >= 11 is 0. The van der Waals surface area contributed by atoms with Gasteiger partial charge < -0.3 is 9.32 Å². The molecule has 290 valence electrons. The molecule has 5 aliphatic carbocycles. The normalized spacial score (nSPS) is 22.2. The predicted octanol–water partition coefficient (Wildman–Crippen LogP) is 15.8. The molecular formula is C57H51NO. The molecule has 0 amide bonds. The molecule has 0 spiro atoms. The maximum atomic E-state index is 6.51. The van der Waals surface area contributed by atoms with Gasteiger partial charge in [-0.25, -0.2) is 0 Å². The van der Waals surface area contributed by atoms with Gasteiger partial charge in [-0.3, -0.25) is 0 Å². The van der Waals surface area contributed by atoms with E-state index in [2.05, 4.69) is 178 Å². The Bertz CT molecular complexity index is 2910. The third-order valence-electron chi connectivity index (χ3n) is 15.2. The summed E-state index contributed by atoms with van der Waals surface area (Å²) in [5.41, 5.74) is 20.1. The van der Waals surface area contributed by atoms with Crippen LogP contribution in [0.1, 0.15) is 80.2 Å². The minimum atomic E-state index is -0.171. The van der Waals surface area contributed by atoms with Crippen molar-refractivity contribution in [2.45, 2.75) is 77.0 Å². The number of hydrogen-bond donors (Lipinski definition) is 0. The highest BCUT2D eigenvalue weighted by atomic mass is 16.3. The van der Waals surface area contributed by atoms with Crippen LogP contribution in [0.15, 0.2) is 150 Å². The third-order valence-corrected chi connectivity index (χ3v) is 15.2. The van der Waals surface area contributed by atoms with Gasteiger partial charge in [0.25, 0.3) is 0 Å². The van der Waals surface area contributed by atoms with Crippen LogP contribution in [0, 0.1) is 31.6 Å². The van der Waals surface area contributed by atoms with Crippen LogP contribution in [0.25, 0.3) is 55.3 Å². The molecule has 1 heterocycles. The molecule has 1 aromatic heterocycles. The van der Waals surface area contributed by atoms with Crippen molar-refractivity contribution in [2.24, 2.45) is 17.8 Å². The molecule has 0 radical (unpaired) electrons. The van der Waals surface area contributed by atoms with E-state index in [1.54, 1.807) is 5.56 Å². The van der Waals surface area contributed by atoms with Gasteiger partial charge in [0, 0.05) is 33.6 Å². The lowest BCUT2D eigenvalue weighted by Crippen LogP contribution is -2.48. The van der Waals surface area contributed by atoms with Crippen molar-refractivity contribution in [1.82, 2.24) is 0 Å². The highest BCUT2D eigenvalue weighted by Crippen LogP contribution is 2.61. The maximum absolute atomic E-state index is 6.51. The highest BCUT2D eigenvalue weighted by molar-refractivity contribution is 6.06. The van der Waals surface area contributed by atoms with E-state index < -0.39 is 0 Å². The Morgan fingerprint density at radius 2 is 1.05 bits per heavy atom. The summed E-state index contributed by atoms with van der Waals surface area (Å²) in [7, 11) is 0. The van der Waals surface area contributed by atoms with Gasteiger partial charge in [0.1, 0.15) is 11.2 Å². The number of nitrogens with zero attached hydrogens (tertiary/aromatic N) is 1. The zero-order valence-electron chi connectivity index (χ0n) is 34.7. The lowest BCUT2D eigenvalue weighted by molar-refractivity contribution is -0.00518. The fourth-order valence-electron chi connectivity index (χ4n) is 12.9. The second kappa shape index (κ2) is 12.8. The lowest BCUT2D eigenvalue weighted by atomic mass is 9.48. The average Bonchev–Trinajstić information content (AvgIpc) is 3.72. The topological polar surface area (TPSA) is 16.4 Å². The van der Waals surface area contributed by atoms with Crippen LogP contribution in [0.4, 0.5) is 17.1 Å². The van der Waals surface area contributed by atoms with Gasteiger partial charge in [0.2, 0.25) is 0 Å². The summed E-state index contributed by atoms with van der Waals surface area (Å²) in [6.07, 6.45) is 8.67. The second-order valence-corrected chi connectivity index (χ2v) is 19.3. The molecular weight excluding hydrogens is 715 g/mol. The summed E-state index contributed by atoms with van der Waals surface area (Å²) in [6, 6.07) is 54.7. The largest absolute Gasteiger partial charge is 0.456 e. The fourth-order valence-corrected chi connectivity index (χ4v) is 12.9. The molecule has 0 saturated heterocycles. The van der Waals surface area contributed by atoms with Gasteiger partial charge in [-0.2, -0.15) is 0 Å². The summed E-state index contributed by atoms with van der Waals surface area (Å²) in [6.45, 7) is 9.36. The molecule has 0 atom stereocenters. The van der Waals surface area contributed by atoms with Crippen molar-refractivity contribution in [2.75, 3.05) is 4.90 Å². The Labute approximate surface area is 348 Å². The molecule has 2 nitrogen and oxygen atoms in total. The van der Waals surface area contributed by atoms with Crippen LogP contribution in [-0.4, -0.2) is 0 Å². The molecule has 59 heavy (non-hydrogen) atoms. The zero-order valence-corrected chi connectivity index (χ0v) is 34.7. The quantitative estimate of drug-likeness (QED) is 0.168. The molecule has 0 aliphatic heterocycles. The molecule has 7 aromatic carbocycles. The number of para-hydroxylation sites is 1. The smallest absolute Gasteiger partial charge is 0.137 e. The molecule has 2 heteroatoms. The van der Waals surface area contributed by atoms with E-state index in [0.717, 1.165) is 51.1 Å². The minimum Gasteiger partial charge on any atom is -0.456 e. The highest BCUT2D eigenvalue weighted by Gasteiger charge is 2.51. The molecule has 13 rings (SSSR count). The van der Waals surface area contributed by atoms with Crippen molar-refractivity contribution < 1.29 is 4.42 Å². The average molecular weight is 766 g/mol. The van der Waals surface area contributed by atoms with Crippen molar-refractivity contribution in [3.63, 3.8) is 0 Å². The molecule has 4 fully saturated rings. The summed E-state index contributed by atoms with van der Waals surface area (Å²) in [5.74, 6) is 2.86. The monoisotopic (exact) mass is 765 g/mol. The Morgan fingerprint density at radius 1 is 0.492 bits per heavy atom. The summed E-state index contributed by atoms with van der Waals surface area (Å²) in [5, 5.41) is 2.29. The number of furan rings is 1. The summed E-state index contributed by atoms with van der Waals surface area (Å²) < 4.78 is 6.51. The Morgan fingerprint density at radius 3 is 1.76 bits per heavy atom. The number of hydrogen-bond acceptors (Lipinski definition) is 2. The zero-order chi connectivity index (χ0) is 39.6. The van der Waals surface area contributed by atoms with Gasteiger partial charge >= 0.3 is 0 Å². The van der Waals surface area contributed by atoms with Gasteiger partial charge in [0.05, 0.1) is 5.69 Å². The Hall–Kier alpha value is -5.86. The van der Waals surface area contributed by atoms with E-state index in [0.29, 0.717) is 5.41 Å². The van der Waals surface area contributed by atoms with Crippen molar-refractivity contribution in [1.29, 1.82) is 0 Å². The molecule has 5 aliphatic rings. The second-order valence-electron chi connectivity index (χ2n) is 19.3. The van der Waals surface area contributed by atoms with Gasteiger partial charge in [-0.1, -0.05) is 105 Å². The number of rotatable bonds is 6. The van der Waals surface area contributed by atoms with Crippen LogP contribution < -0.4 is 4.90 Å². The van der Waals surface area contributed by atoms with Crippen LogP contribution in [0.2, 0.25) is 0 Å². The first-order chi connectivity index (χ1) is 28.7. The SMILES string of the molecule is Cc1cc(-c2ccc(C34CC5CC(CC(C5)C3)C4)cc2)cc(C)c1N(c1ccc2c(c1)C(C)(C)c1cc(-c3ccccc3)ccc1-2)c1ccc2c(c1)oc1ccccc12. The first kappa shape index (κ1) is 35.1. The first-order valence-electron chi connectivity index (χ1n) is 22.0. The first-order valence-corrected chi connectivity index (χ1v) is 22.0. The van der Waals surface area contributed by atoms with Gasteiger partial charge in [-0.05, 0) is 185 Å². The Kier molecular flexibility index (Phi) is 7.63. The number of aryl methyl sites for hydroxylation is 2. The van der Waals surface area contributed by atoms with Crippen LogP contribution >= 0.6 is 0 Å². The van der Waals surface area contributed by atoms with Crippen LogP contribution in [0.3, 0.4) is 0 Å². The van der Waals surface area contributed by atoms with Crippen LogP contribution in [-0.2, 0) is 10.8 Å². The third kappa shape index (κ3) is 5.45. The van der Waals surface area contributed by atoms with Gasteiger partial charge in [-0.15, -0.1) is 0 Å². The number of anilines is 3. The van der Waals surface area contributed by atoms with Crippen LogP contribution in [0.5, 0.6) is 0 Å². The van der Waals surface area contributed by atoms with Crippen molar-refractivity contribution >= 4 is 39.0 Å². The van der Waals surface area contributed by atoms with Crippen molar-refractivity contribution in [3.8, 4) is 33.4 Å². The predicted molar refractivity (Wildman–Crippen MR) is 246 cm³/mol. The van der Waals surface area contributed by atoms with E-state index in [-0.39, 0.29) is 5.41 Å². The standard InChI is InChI=1S/C57H51NO/c1-35-24-43(41-14-17-44(18-15-41)57-32-37-26-38(33-57)28-39(27-37)34-57)25-36(2)55(35)58(46-20-23-50-49-12-8-9-13-53(49)59-54(50)31-46)45-19-22-48-47-21-16-42(40-10-6-5-7-11-40)29-51(47)56(3,4)52(48)30-45/h5-25,29-31,37-39H,26-28,32-34H2,1-4H3. The maximum Gasteiger partial charge on any atom is 0.137 e. The molecule has 4 bridgehead atoms. The lowest BCUT2D eigenvalue weighted by Gasteiger charge is -2.57. The fraction of sp³-hybridized carbons (Fsp3) is 0.263. The van der Waals surface area contributed by atoms with Crippen molar-refractivity contribution in [3.05, 3.63) is 173 Å². The molecule has 4 saturated carbocycles. The Balaban J connectivity index is 0.958. The van der Waals surface area contributed by atoms with E-state index in [1.807, 2.05) is 0 Å². The van der Waals surface area contributed by atoms with Gasteiger partial charge in [0.15, 0.2) is 0 Å². The molecule has 0 N–H and O–H groups in total. The summed E-state index contributed by atoms with van der Waals surface area (Å²) in [4.78, 5) is 2.48. The number of benzene rings is 7. The van der Waals surface area contributed by atoms with E-state index in [9.17, 15) is 0 Å². The minimum absolute atomic E-state index is 0.171. The molecule has 0 unspecified atom stereocenters. The van der Waals surface area contributed by atoms with E-state index in [4.69, 9.17) is 4.42 Å². The number of fused-ring (bicyclic) bond motifs is 6. The van der Waals surface area contributed by atoms with E-state index in [1.165, 1.54) is 99.8 Å². The van der Waals surface area contributed by atoms with E-state index >= 15 is 0 Å².